The van der Waals surface area contributed by atoms with Crippen LogP contribution in [0.15, 0.2) is 77.6 Å². The van der Waals surface area contributed by atoms with Crippen molar-refractivity contribution in [1.82, 2.24) is 9.55 Å². The van der Waals surface area contributed by atoms with E-state index in [1.54, 1.807) is 34.9 Å². The number of aromatic nitrogens is 2. The van der Waals surface area contributed by atoms with Gasteiger partial charge in [-0.15, -0.1) is 0 Å². The Morgan fingerprint density at radius 2 is 1.64 bits per heavy atom. The minimum Gasteiger partial charge on any atom is -0.508 e. The van der Waals surface area contributed by atoms with Crippen molar-refractivity contribution in [3.8, 4) is 28.6 Å². The fourth-order valence-electron chi connectivity index (χ4n) is 4.19. The van der Waals surface area contributed by atoms with Gasteiger partial charge in [-0.3, -0.25) is 9.36 Å². The summed E-state index contributed by atoms with van der Waals surface area (Å²) in [4.78, 5) is 18.6. The van der Waals surface area contributed by atoms with Crippen molar-refractivity contribution in [2.24, 2.45) is 0 Å². The molecule has 0 fully saturated rings. The Morgan fingerprint density at radius 1 is 0.970 bits per heavy atom. The molecule has 0 spiro atoms. The molecule has 1 aromatic heterocycles. The van der Waals surface area contributed by atoms with E-state index in [2.05, 4.69) is 13.0 Å². The van der Waals surface area contributed by atoms with Crippen LogP contribution in [0.5, 0.6) is 5.75 Å². The second-order valence-electron chi connectivity index (χ2n) is 7.98. The van der Waals surface area contributed by atoms with Crippen LogP contribution in [0.1, 0.15) is 41.6 Å². The highest BCUT2D eigenvalue weighted by Crippen LogP contribution is 2.29. The van der Waals surface area contributed by atoms with Gasteiger partial charge in [0.15, 0.2) is 0 Å². The van der Waals surface area contributed by atoms with E-state index in [1.165, 1.54) is 0 Å². The van der Waals surface area contributed by atoms with Crippen LogP contribution in [0, 0.1) is 18.3 Å². The molecule has 5 nitrogen and oxygen atoms in total. The lowest BCUT2D eigenvalue weighted by molar-refractivity contribution is 0.475. The summed E-state index contributed by atoms with van der Waals surface area (Å²) in [6, 6.07) is 24.2. The summed E-state index contributed by atoms with van der Waals surface area (Å²) < 4.78 is 1.60. The molecule has 4 rings (SSSR count). The zero-order chi connectivity index (χ0) is 23.4. The normalized spacial score (nSPS) is 10.7. The maximum Gasteiger partial charge on any atom is 0.261 e. The lowest BCUT2D eigenvalue weighted by Crippen LogP contribution is -2.28. The lowest BCUT2D eigenvalue weighted by atomic mass is 9.92. The smallest absolute Gasteiger partial charge is 0.261 e. The van der Waals surface area contributed by atoms with Crippen molar-refractivity contribution in [1.29, 1.82) is 5.26 Å². The molecule has 0 saturated heterocycles. The number of rotatable bonds is 6. The monoisotopic (exact) mass is 435 g/mol. The van der Waals surface area contributed by atoms with E-state index in [0.29, 0.717) is 35.5 Å². The molecule has 1 N–H and O–H groups in total. The first-order valence-electron chi connectivity index (χ1n) is 11.0. The molecule has 0 amide bonds. The third kappa shape index (κ3) is 4.42. The molecule has 1 heterocycles. The van der Waals surface area contributed by atoms with Gasteiger partial charge in [-0.05, 0) is 60.4 Å². The van der Waals surface area contributed by atoms with Gasteiger partial charge in [0.25, 0.3) is 5.56 Å². The molecule has 0 radical (unpaired) electrons. The fourth-order valence-corrected chi connectivity index (χ4v) is 4.19. The molecule has 5 heteroatoms. The van der Waals surface area contributed by atoms with Gasteiger partial charge in [-0.2, -0.15) is 5.26 Å². The molecule has 0 unspecified atom stereocenters. The van der Waals surface area contributed by atoms with Crippen molar-refractivity contribution in [2.45, 2.75) is 33.1 Å². The Kier molecular flexibility index (Phi) is 6.37. The first-order chi connectivity index (χ1) is 16.0. The van der Waals surface area contributed by atoms with Crippen LogP contribution in [0.3, 0.4) is 0 Å². The molecule has 0 aliphatic rings. The Morgan fingerprint density at radius 3 is 2.33 bits per heavy atom. The number of hydrogen-bond acceptors (Lipinski definition) is 4. The SMILES string of the molecule is CCCc1nc(C)n(-c2ccc(O)cc2)c(=O)c1Cc1ccccc1-c1ccccc1C#N. The zero-order valence-corrected chi connectivity index (χ0v) is 18.7. The van der Waals surface area contributed by atoms with Crippen molar-refractivity contribution < 1.29 is 5.11 Å². The van der Waals surface area contributed by atoms with Crippen molar-refractivity contribution in [3.63, 3.8) is 0 Å². The molecule has 33 heavy (non-hydrogen) atoms. The largest absolute Gasteiger partial charge is 0.508 e. The average molecular weight is 436 g/mol. The van der Waals surface area contributed by atoms with Gasteiger partial charge >= 0.3 is 0 Å². The van der Waals surface area contributed by atoms with Crippen LogP contribution in [0.4, 0.5) is 0 Å². The second-order valence-corrected chi connectivity index (χ2v) is 7.98. The summed E-state index contributed by atoms with van der Waals surface area (Å²) in [5.74, 6) is 0.756. The van der Waals surface area contributed by atoms with E-state index in [0.717, 1.165) is 28.8 Å². The highest BCUT2D eigenvalue weighted by molar-refractivity contribution is 5.73. The maximum atomic E-state index is 13.8. The van der Waals surface area contributed by atoms with Gasteiger partial charge in [0.1, 0.15) is 11.6 Å². The number of phenolic OH excluding ortho intramolecular Hbond substituents is 1. The fraction of sp³-hybridized carbons (Fsp3) is 0.179. The van der Waals surface area contributed by atoms with E-state index in [9.17, 15) is 15.2 Å². The Hall–Kier alpha value is -4.17. The Balaban J connectivity index is 1.89. The van der Waals surface area contributed by atoms with Crippen molar-refractivity contribution in [2.75, 3.05) is 0 Å². The first-order valence-corrected chi connectivity index (χ1v) is 11.0. The summed E-state index contributed by atoms with van der Waals surface area (Å²) in [6.07, 6.45) is 2.00. The molecule has 0 atom stereocenters. The first kappa shape index (κ1) is 22.0. The number of phenols is 1. The van der Waals surface area contributed by atoms with E-state index < -0.39 is 0 Å². The third-order valence-electron chi connectivity index (χ3n) is 5.75. The van der Waals surface area contributed by atoms with E-state index in [-0.39, 0.29) is 11.3 Å². The molecule has 0 aliphatic heterocycles. The summed E-state index contributed by atoms with van der Waals surface area (Å²) >= 11 is 0. The number of aryl methyl sites for hydroxylation is 2. The molecular weight excluding hydrogens is 410 g/mol. The molecule has 0 saturated carbocycles. The van der Waals surface area contributed by atoms with Crippen molar-refractivity contribution >= 4 is 0 Å². The summed E-state index contributed by atoms with van der Waals surface area (Å²) in [5.41, 5.74) is 5.37. The molecular formula is C28H25N3O2. The maximum absolute atomic E-state index is 13.8. The molecule has 164 valence electrons. The van der Waals surface area contributed by atoms with Gasteiger partial charge in [-0.25, -0.2) is 4.98 Å². The van der Waals surface area contributed by atoms with Crippen LogP contribution in [-0.2, 0) is 12.8 Å². The van der Waals surface area contributed by atoms with Crippen LogP contribution in [0.2, 0.25) is 0 Å². The lowest BCUT2D eigenvalue weighted by Gasteiger charge is -2.17. The molecule has 4 aromatic rings. The zero-order valence-electron chi connectivity index (χ0n) is 18.7. The third-order valence-corrected chi connectivity index (χ3v) is 5.75. The van der Waals surface area contributed by atoms with Gasteiger partial charge < -0.3 is 5.11 Å². The van der Waals surface area contributed by atoms with Crippen LogP contribution in [0.25, 0.3) is 16.8 Å². The van der Waals surface area contributed by atoms with Gasteiger partial charge in [0.2, 0.25) is 0 Å². The molecule has 0 bridgehead atoms. The Bertz CT molecular complexity index is 1400. The van der Waals surface area contributed by atoms with Crippen LogP contribution in [-0.4, -0.2) is 14.7 Å². The molecule has 0 aliphatic carbocycles. The number of hydrogen-bond donors (Lipinski definition) is 1. The predicted octanol–water partition coefficient (Wildman–Crippen LogP) is 5.33. The van der Waals surface area contributed by atoms with Gasteiger partial charge in [-0.1, -0.05) is 55.8 Å². The molecule has 3 aromatic carbocycles. The van der Waals surface area contributed by atoms with E-state index in [1.807, 2.05) is 49.4 Å². The Labute approximate surface area is 193 Å². The van der Waals surface area contributed by atoms with Crippen LogP contribution >= 0.6 is 0 Å². The quantitative estimate of drug-likeness (QED) is 0.444. The topological polar surface area (TPSA) is 78.9 Å². The van der Waals surface area contributed by atoms with E-state index in [4.69, 9.17) is 4.98 Å². The minimum atomic E-state index is -0.111. The predicted molar refractivity (Wildman–Crippen MR) is 130 cm³/mol. The van der Waals surface area contributed by atoms with E-state index >= 15 is 0 Å². The number of aromatic hydroxyl groups is 1. The van der Waals surface area contributed by atoms with Crippen molar-refractivity contribution in [3.05, 3.63) is 111 Å². The van der Waals surface area contributed by atoms with Gasteiger partial charge in [0, 0.05) is 12.0 Å². The number of nitrogens with zero attached hydrogens (tertiary/aromatic N) is 3. The number of benzene rings is 3. The standard InChI is InChI=1S/C28H25N3O2/c1-3-8-27-26(28(33)31(19(2)30-27)22-13-15-23(32)16-14-22)17-20-9-4-6-11-24(20)25-12-7-5-10-21(25)18-29/h4-7,9-16,32H,3,8,17H2,1-2H3. The minimum absolute atomic E-state index is 0.111. The highest BCUT2D eigenvalue weighted by atomic mass is 16.3. The highest BCUT2D eigenvalue weighted by Gasteiger charge is 2.18. The average Bonchev–Trinajstić information content (AvgIpc) is 2.83. The number of nitriles is 1. The van der Waals surface area contributed by atoms with Gasteiger partial charge in [0.05, 0.1) is 23.0 Å². The van der Waals surface area contributed by atoms with Crippen LogP contribution < -0.4 is 5.56 Å². The summed E-state index contributed by atoms with van der Waals surface area (Å²) in [7, 11) is 0. The summed E-state index contributed by atoms with van der Waals surface area (Å²) in [5, 5.41) is 19.3. The second kappa shape index (κ2) is 9.54. The summed E-state index contributed by atoms with van der Waals surface area (Å²) in [6.45, 7) is 3.90.